The van der Waals surface area contributed by atoms with Gasteiger partial charge in [-0.15, -0.1) is 5.10 Å². The van der Waals surface area contributed by atoms with Crippen molar-refractivity contribution in [1.82, 2.24) is 15.0 Å². The molecular formula is C18H14N4O. The SMILES string of the molecule is Cn1nnc2cc(C(=O)Nc3cccc4ccccc34)ccc21. The molecule has 0 atom stereocenters. The van der Waals surface area contributed by atoms with E-state index in [2.05, 4.69) is 15.6 Å². The van der Waals surface area contributed by atoms with Gasteiger partial charge in [0.15, 0.2) is 0 Å². The van der Waals surface area contributed by atoms with Crippen LogP contribution >= 0.6 is 0 Å². The molecule has 0 aliphatic heterocycles. The maximum atomic E-state index is 12.5. The summed E-state index contributed by atoms with van der Waals surface area (Å²) in [5.41, 5.74) is 2.96. The highest BCUT2D eigenvalue weighted by atomic mass is 16.1. The molecule has 5 nitrogen and oxygen atoms in total. The van der Waals surface area contributed by atoms with Crippen molar-refractivity contribution < 1.29 is 4.79 Å². The van der Waals surface area contributed by atoms with Crippen LogP contribution in [0.1, 0.15) is 10.4 Å². The molecule has 1 aromatic heterocycles. The number of nitrogens with zero attached hydrogens (tertiary/aromatic N) is 3. The molecule has 23 heavy (non-hydrogen) atoms. The number of fused-ring (bicyclic) bond motifs is 2. The average Bonchev–Trinajstić information content (AvgIpc) is 2.96. The van der Waals surface area contributed by atoms with Gasteiger partial charge in [0, 0.05) is 23.7 Å². The highest BCUT2D eigenvalue weighted by Crippen LogP contribution is 2.23. The van der Waals surface area contributed by atoms with Gasteiger partial charge in [-0.05, 0) is 29.7 Å². The second-order valence-corrected chi connectivity index (χ2v) is 5.40. The highest BCUT2D eigenvalue weighted by Gasteiger charge is 2.10. The van der Waals surface area contributed by atoms with Crippen LogP contribution in [0.25, 0.3) is 21.8 Å². The van der Waals surface area contributed by atoms with Crippen molar-refractivity contribution in [3.63, 3.8) is 0 Å². The Morgan fingerprint density at radius 2 is 1.87 bits per heavy atom. The second-order valence-electron chi connectivity index (χ2n) is 5.40. The van der Waals surface area contributed by atoms with E-state index in [0.717, 1.165) is 22.0 Å². The molecule has 0 unspecified atom stereocenters. The van der Waals surface area contributed by atoms with Gasteiger partial charge < -0.3 is 5.32 Å². The number of amides is 1. The molecule has 112 valence electrons. The number of benzene rings is 3. The molecule has 0 bridgehead atoms. The van der Waals surface area contributed by atoms with E-state index in [1.54, 1.807) is 16.8 Å². The Balaban J connectivity index is 1.70. The molecule has 0 saturated heterocycles. The summed E-state index contributed by atoms with van der Waals surface area (Å²) in [7, 11) is 1.82. The molecule has 0 aliphatic carbocycles. The lowest BCUT2D eigenvalue weighted by atomic mass is 10.1. The van der Waals surface area contributed by atoms with E-state index in [1.165, 1.54) is 0 Å². The van der Waals surface area contributed by atoms with Crippen molar-refractivity contribution in [2.24, 2.45) is 7.05 Å². The minimum absolute atomic E-state index is 0.158. The quantitative estimate of drug-likeness (QED) is 0.617. The molecule has 1 heterocycles. The third-order valence-corrected chi connectivity index (χ3v) is 3.91. The van der Waals surface area contributed by atoms with Crippen LogP contribution < -0.4 is 5.32 Å². The molecule has 4 rings (SSSR count). The van der Waals surface area contributed by atoms with Crippen LogP contribution in [0.15, 0.2) is 60.7 Å². The predicted octanol–water partition coefficient (Wildman–Crippen LogP) is 3.37. The monoisotopic (exact) mass is 302 g/mol. The summed E-state index contributed by atoms with van der Waals surface area (Å²) in [6.45, 7) is 0. The fraction of sp³-hybridized carbons (Fsp3) is 0.0556. The molecule has 5 heteroatoms. The fourth-order valence-electron chi connectivity index (χ4n) is 2.71. The van der Waals surface area contributed by atoms with Gasteiger partial charge in [-0.25, -0.2) is 4.68 Å². The fourth-order valence-corrected chi connectivity index (χ4v) is 2.71. The topological polar surface area (TPSA) is 59.8 Å². The number of hydrogen-bond donors (Lipinski definition) is 1. The van der Waals surface area contributed by atoms with Crippen molar-refractivity contribution in [3.8, 4) is 0 Å². The van der Waals surface area contributed by atoms with E-state index in [9.17, 15) is 4.79 Å². The Morgan fingerprint density at radius 1 is 1.04 bits per heavy atom. The van der Waals surface area contributed by atoms with E-state index in [-0.39, 0.29) is 5.91 Å². The predicted molar refractivity (Wildman–Crippen MR) is 90.4 cm³/mol. The van der Waals surface area contributed by atoms with Gasteiger partial charge in [-0.1, -0.05) is 41.6 Å². The molecule has 0 radical (unpaired) electrons. The number of hydrogen-bond acceptors (Lipinski definition) is 3. The lowest BCUT2D eigenvalue weighted by Gasteiger charge is -2.08. The van der Waals surface area contributed by atoms with Gasteiger partial charge in [0.05, 0.1) is 5.52 Å². The maximum Gasteiger partial charge on any atom is 0.255 e. The minimum atomic E-state index is -0.158. The lowest BCUT2D eigenvalue weighted by Crippen LogP contribution is -2.12. The van der Waals surface area contributed by atoms with Crippen LogP contribution in [0.3, 0.4) is 0 Å². The van der Waals surface area contributed by atoms with Crippen LogP contribution in [0.4, 0.5) is 5.69 Å². The zero-order valence-electron chi connectivity index (χ0n) is 12.5. The number of nitrogens with one attached hydrogen (secondary N) is 1. The Bertz CT molecular complexity index is 1030. The van der Waals surface area contributed by atoms with Crippen LogP contribution in [-0.4, -0.2) is 20.9 Å². The van der Waals surface area contributed by atoms with Crippen molar-refractivity contribution in [2.75, 3.05) is 5.32 Å². The van der Waals surface area contributed by atoms with Gasteiger partial charge in [0.1, 0.15) is 5.52 Å². The molecular weight excluding hydrogens is 288 g/mol. The van der Waals surface area contributed by atoms with E-state index in [4.69, 9.17) is 0 Å². The van der Waals surface area contributed by atoms with Crippen molar-refractivity contribution in [2.45, 2.75) is 0 Å². The van der Waals surface area contributed by atoms with Gasteiger partial charge >= 0.3 is 0 Å². The van der Waals surface area contributed by atoms with Gasteiger partial charge in [0.2, 0.25) is 0 Å². The van der Waals surface area contributed by atoms with Crippen molar-refractivity contribution >= 4 is 33.4 Å². The summed E-state index contributed by atoms with van der Waals surface area (Å²) in [6.07, 6.45) is 0. The van der Waals surface area contributed by atoms with E-state index < -0.39 is 0 Å². The molecule has 0 saturated carbocycles. The third-order valence-electron chi connectivity index (χ3n) is 3.91. The maximum absolute atomic E-state index is 12.5. The van der Waals surface area contributed by atoms with Gasteiger partial charge in [-0.2, -0.15) is 0 Å². The largest absolute Gasteiger partial charge is 0.321 e. The number of anilines is 1. The molecule has 0 spiro atoms. The first kappa shape index (κ1) is 13.5. The zero-order valence-corrected chi connectivity index (χ0v) is 12.5. The Morgan fingerprint density at radius 3 is 2.78 bits per heavy atom. The Labute approximate surface area is 132 Å². The number of aromatic nitrogens is 3. The standard InChI is InChI=1S/C18H14N4O/c1-22-17-10-9-13(11-16(17)20-21-22)18(23)19-15-8-4-6-12-5-2-3-7-14(12)15/h2-11H,1H3,(H,19,23). The van der Waals surface area contributed by atoms with Crippen molar-refractivity contribution in [3.05, 3.63) is 66.2 Å². The Kier molecular flexibility index (Phi) is 3.05. The molecule has 1 N–H and O–H groups in total. The highest BCUT2D eigenvalue weighted by molar-refractivity contribution is 6.10. The van der Waals surface area contributed by atoms with E-state index in [0.29, 0.717) is 11.1 Å². The summed E-state index contributed by atoms with van der Waals surface area (Å²) < 4.78 is 1.68. The molecule has 3 aromatic carbocycles. The first-order valence-electron chi connectivity index (χ1n) is 7.31. The normalized spacial score (nSPS) is 11.0. The summed E-state index contributed by atoms with van der Waals surface area (Å²) in [5.74, 6) is -0.158. The molecule has 0 fully saturated rings. The van der Waals surface area contributed by atoms with Crippen LogP contribution in [0.5, 0.6) is 0 Å². The number of aryl methyl sites for hydroxylation is 1. The summed E-state index contributed by atoms with van der Waals surface area (Å²) >= 11 is 0. The Hall–Kier alpha value is -3.21. The van der Waals surface area contributed by atoms with Crippen LogP contribution in [-0.2, 0) is 7.05 Å². The average molecular weight is 302 g/mol. The van der Waals surface area contributed by atoms with Gasteiger partial charge in [0.25, 0.3) is 5.91 Å². The smallest absolute Gasteiger partial charge is 0.255 e. The molecule has 4 aromatic rings. The minimum Gasteiger partial charge on any atom is -0.321 e. The number of carbonyl (C=O) groups is 1. The molecule has 0 aliphatic rings. The summed E-state index contributed by atoms with van der Waals surface area (Å²) in [6, 6.07) is 19.2. The molecule has 1 amide bonds. The summed E-state index contributed by atoms with van der Waals surface area (Å²) in [4.78, 5) is 12.5. The first-order chi connectivity index (χ1) is 11.2. The zero-order chi connectivity index (χ0) is 15.8. The summed E-state index contributed by atoms with van der Waals surface area (Å²) in [5, 5.41) is 13.1. The number of carbonyl (C=O) groups excluding carboxylic acids is 1. The van der Waals surface area contributed by atoms with E-state index >= 15 is 0 Å². The second kappa shape index (κ2) is 5.21. The number of rotatable bonds is 2. The first-order valence-corrected chi connectivity index (χ1v) is 7.31. The van der Waals surface area contributed by atoms with Crippen molar-refractivity contribution in [1.29, 1.82) is 0 Å². The van der Waals surface area contributed by atoms with Crippen LogP contribution in [0.2, 0.25) is 0 Å². The third kappa shape index (κ3) is 2.32. The lowest BCUT2D eigenvalue weighted by molar-refractivity contribution is 0.102. The van der Waals surface area contributed by atoms with Crippen LogP contribution in [0, 0.1) is 0 Å². The van der Waals surface area contributed by atoms with Gasteiger partial charge in [-0.3, -0.25) is 4.79 Å². The van der Waals surface area contributed by atoms with E-state index in [1.807, 2.05) is 55.6 Å².